The van der Waals surface area contributed by atoms with Crippen LogP contribution in [-0.4, -0.2) is 10.7 Å². The second-order valence-corrected chi connectivity index (χ2v) is 3.22. The van der Waals surface area contributed by atoms with Gasteiger partial charge in [0.25, 0.3) is 0 Å². The lowest BCUT2D eigenvalue weighted by molar-refractivity contribution is 0.127. The van der Waals surface area contributed by atoms with Crippen LogP contribution >= 0.6 is 0 Å². The van der Waals surface area contributed by atoms with Crippen LogP contribution in [0, 0.1) is 23.2 Å². The zero-order valence-corrected chi connectivity index (χ0v) is 7.99. The molecule has 0 heterocycles. The zero-order valence-electron chi connectivity index (χ0n) is 7.99. The first kappa shape index (κ1) is 10.3. The van der Waals surface area contributed by atoms with Crippen molar-refractivity contribution in [3.8, 4) is 17.9 Å². The molecule has 0 saturated heterocycles. The average Bonchev–Trinajstić information content (AvgIpc) is 2.17. The van der Waals surface area contributed by atoms with Crippen LogP contribution in [0.25, 0.3) is 0 Å². The summed E-state index contributed by atoms with van der Waals surface area (Å²) < 4.78 is 0. The van der Waals surface area contributed by atoms with Gasteiger partial charge in [-0.1, -0.05) is 30.0 Å². The topological polar surface area (TPSA) is 44.0 Å². The van der Waals surface area contributed by atoms with Gasteiger partial charge in [-0.2, -0.15) is 5.26 Å². The van der Waals surface area contributed by atoms with Crippen molar-refractivity contribution in [3.63, 3.8) is 0 Å². The first-order valence-corrected chi connectivity index (χ1v) is 4.32. The molecule has 0 radical (unpaired) electrons. The SMILES string of the molecule is CC(O)(C#Cc1ccccc1)CC#N. The van der Waals surface area contributed by atoms with Gasteiger partial charge in [0.1, 0.15) is 5.60 Å². The van der Waals surface area contributed by atoms with Crippen molar-refractivity contribution in [2.24, 2.45) is 0 Å². The average molecular weight is 185 g/mol. The van der Waals surface area contributed by atoms with E-state index in [0.717, 1.165) is 5.56 Å². The van der Waals surface area contributed by atoms with E-state index in [1.165, 1.54) is 6.92 Å². The van der Waals surface area contributed by atoms with E-state index >= 15 is 0 Å². The van der Waals surface area contributed by atoms with E-state index in [0.29, 0.717) is 0 Å². The van der Waals surface area contributed by atoms with Gasteiger partial charge < -0.3 is 5.11 Å². The summed E-state index contributed by atoms with van der Waals surface area (Å²) in [6.07, 6.45) is 0.0207. The molecule has 2 nitrogen and oxygen atoms in total. The van der Waals surface area contributed by atoms with Crippen molar-refractivity contribution in [2.45, 2.75) is 18.9 Å². The molecule has 1 atom stereocenters. The fourth-order valence-electron chi connectivity index (χ4n) is 0.926. The molecule has 1 aromatic rings. The Bertz CT molecular complexity index is 390. The second kappa shape index (κ2) is 4.46. The third-order valence-corrected chi connectivity index (χ3v) is 1.67. The van der Waals surface area contributed by atoms with Gasteiger partial charge in [-0.3, -0.25) is 0 Å². The Morgan fingerprint density at radius 2 is 2.00 bits per heavy atom. The molecule has 1 rings (SSSR count). The third kappa shape index (κ3) is 3.31. The summed E-state index contributed by atoms with van der Waals surface area (Å²) in [5, 5.41) is 18.0. The van der Waals surface area contributed by atoms with Gasteiger partial charge in [0.05, 0.1) is 12.5 Å². The molecule has 70 valence electrons. The molecule has 0 aliphatic heterocycles. The van der Waals surface area contributed by atoms with Gasteiger partial charge in [0, 0.05) is 5.56 Å². The normalized spacial score (nSPS) is 13.2. The predicted octanol–water partition coefficient (Wildman–Crippen LogP) is 1.70. The molecular weight excluding hydrogens is 174 g/mol. The van der Waals surface area contributed by atoms with E-state index in [9.17, 15) is 5.11 Å². The zero-order chi connectivity index (χ0) is 10.4. The largest absolute Gasteiger partial charge is 0.377 e. The molecule has 1 aromatic carbocycles. The Hall–Kier alpha value is -1.77. The lowest BCUT2D eigenvalue weighted by atomic mass is 10.0. The fraction of sp³-hybridized carbons (Fsp3) is 0.250. The minimum atomic E-state index is -1.22. The summed E-state index contributed by atoms with van der Waals surface area (Å²) in [6.45, 7) is 1.53. The third-order valence-electron chi connectivity index (χ3n) is 1.67. The fourth-order valence-corrected chi connectivity index (χ4v) is 0.926. The van der Waals surface area contributed by atoms with Crippen molar-refractivity contribution in [3.05, 3.63) is 35.9 Å². The molecule has 0 aromatic heterocycles. The van der Waals surface area contributed by atoms with Crippen molar-refractivity contribution < 1.29 is 5.11 Å². The molecule has 1 unspecified atom stereocenters. The molecule has 0 amide bonds. The molecule has 0 bridgehead atoms. The van der Waals surface area contributed by atoms with Gasteiger partial charge in [0.2, 0.25) is 0 Å². The molecule has 2 heteroatoms. The standard InChI is InChI=1S/C12H11NO/c1-12(14,9-10-13)8-7-11-5-3-2-4-6-11/h2-6,14H,9H2,1H3. The van der Waals surface area contributed by atoms with Crippen molar-refractivity contribution in [1.82, 2.24) is 0 Å². The Labute approximate surface area is 83.8 Å². The highest BCUT2D eigenvalue weighted by Crippen LogP contribution is 2.06. The van der Waals surface area contributed by atoms with Gasteiger partial charge >= 0.3 is 0 Å². The highest BCUT2D eigenvalue weighted by Gasteiger charge is 2.15. The summed E-state index contributed by atoms with van der Waals surface area (Å²) in [6, 6.07) is 11.3. The highest BCUT2D eigenvalue weighted by molar-refractivity contribution is 5.35. The monoisotopic (exact) mass is 185 g/mol. The van der Waals surface area contributed by atoms with Crippen LogP contribution in [-0.2, 0) is 0 Å². The molecule has 0 spiro atoms. The van der Waals surface area contributed by atoms with Crippen molar-refractivity contribution in [2.75, 3.05) is 0 Å². The summed E-state index contributed by atoms with van der Waals surface area (Å²) >= 11 is 0. The number of nitrogens with zero attached hydrogens (tertiary/aromatic N) is 1. The number of benzene rings is 1. The number of hydrogen-bond acceptors (Lipinski definition) is 2. The maximum atomic E-state index is 9.58. The molecule has 1 N–H and O–H groups in total. The van der Waals surface area contributed by atoms with Crippen LogP contribution in [0.5, 0.6) is 0 Å². The minimum Gasteiger partial charge on any atom is -0.377 e. The predicted molar refractivity (Wildman–Crippen MR) is 54.2 cm³/mol. The van der Waals surface area contributed by atoms with E-state index in [2.05, 4.69) is 11.8 Å². The van der Waals surface area contributed by atoms with E-state index in [1.807, 2.05) is 36.4 Å². The number of hydrogen-bond donors (Lipinski definition) is 1. The highest BCUT2D eigenvalue weighted by atomic mass is 16.3. The van der Waals surface area contributed by atoms with E-state index in [1.54, 1.807) is 0 Å². The maximum Gasteiger partial charge on any atom is 0.135 e. The van der Waals surface area contributed by atoms with Crippen LogP contribution in [0.2, 0.25) is 0 Å². The molecule has 0 fully saturated rings. The van der Waals surface area contributed by atoms with Gasteiger partial charge in [-0.25, -0.2) is 0 Å². The Balaban J connectivity index is 2.79. The first-order valence-electron chi connectivity index (χ1n) is 4.32. The van der Waals surface area contributed by atoms with E-state index in [4.69, 9.17) is 5.26 Å². The van der Waals surface area contributed by atoms with Gasteiger partial charge in [-0.05, 0) is 19.1 Å². The van der Waals surface area contributed by atoms with Crippen molar-refractivity contribution >= 4 is 0 Å². The number of rotatable bonds is 1. The minimum absolute atomic E-state index is 0.0207. The second-order valence-electron chi connectivity index (χ2n) is 3.22. The summed E-state index contributed by atoms with van der Waals surface area (Å²) in [5.74, 6) is 5.48. The summed E-state index contributed by atoms with van der Waals surface area (Å²) in [4.78, 5) is 0. The Morgan fingerprint density at radius 3 is 2.57 bits per heavy atom. The molecule has 14 heavy (non-hydrogen) atoms. The van der Waals surface area contributed by atoms with Crippen LogP contribution in [0.3, 0.4) is 0 Å². The molecular formula is C12H11NO. The number of aliphatic hydroxyl groups is 1. The van der Waals surface area contributed by atoms with Crippen LogP contribution in [0.1, 0.15) is 18.9 Å². The Kier molecular flexibility index (Phi) is 3.29. The van der Waals surface area contributed by atoms with Crippen molar-refractivity contribution in [1.29, 1.82) is 5.26 Å². The van der Waals surface area contributed by atoms with E-state index in [-0.39, 0.29) is 6.42 Å². The van der Waals surface area contributed by atoms with Gasteiger partial charge in [0.15, 0.2) is 0 Å². The quantitative estimate of drug-likeness (QED) is 0.677. The van der Waals surface area contributed by atoms with Gasteiger partial charge in [-0.15, -0.1) is 0 Å². The lowest BCUT2D eigenvalue weighted by Gasteiger charge is -2.09. The Morgan fingerprint density at radius 1 is 1.36 bits per heavy atom. The summed E-state index contributed by atoms with van der Waals surface area (Å²) in [5.41, 5.74) is -0.379. The first-order chi connectivity index (χ1) is 6.64. The van der Waals surface area contributed by atoms with Crippen LogP contribution in [0.4, 0.5) is 0 Å². The number of nitriles is 1. The van der Waals surface area contributed by atoms with E-state index < -0.39 is 5.60 Å². The lowest BCUT2D eigenvalue weighted by Crippen LogP contribution is -2.20. The summed E-state index contributed by atoms with van der Waals surface area (Å²) in [7, 11) is 0. The maximum absolute atomic E-state index is 9.58. The smallest absolute Gasteiger partial charge is 0.135 e. The molecule has 0 aliphatic carbocycles. The molecule has 0 aliphatic rings. The van der Waals surface area contributed by atoms with Crippen LogP contribution in [0.15, 0.2) is 30.3 Å². The van der Waals surface area contributed by atoms with Crippen LogP contribution < -0.4 is 0 Å². The molecule has 0 saturated carbocycles.